The summed E-state index contributed by atoms with van der Waals surface area (Å²) in [6.45, 7) is 15.7. The Morgan fingerprint density at radius 2 is 1.62 bits per heavy atom. The van der Waals surface area contributed by atoms with E-state index in [-0.39, 0.29) is 35.4 Å². The van der Waals surface area contributed by atoms with Crippen molar-refractivity contribution in [2.45, 2.75) is 53.6 Å². The van der Waals surface area contributed by atoms with Gasteiger partial charge in [0.15, 0.2) is 0 Å². The van der Waals surface area contributed by atoms with Crippen LogP contribution < -0.4 is 10.6 Å². The zero-order chi connectivity index (χ0) is 20.3. The van der Waals surface area contributed by atoms with E-state index in [2.05, 4.69) is 27.2 Å². The van der Waals surface area contributed by atoms with E-state index in [1.54, 1.807) is 0 Å². The largest absolute Gasteiger partial charge is 0.467 e. The Morgan fingerprint density at radius 1 is 1.04 bits per heavy atom. The number of carbonyl (C=O) groups is 2. The first kappa shape index (κ1) is 23.6. The number of carbonyl (C=O) groups excluding carboxylic acids is 2. The van der Waals surface area contributed by atoms with Gasteiger partial charge in [0.1, 0.15) is 11.7 Å². The molecule has 0 aliphatic rings. The van der Waals surface area contributed by atoms with Crippen LogP contribution in [-0.2, 0) is 9.53 Å². The summed E-state index contributed by atoms with van der Waals surface area (Å²) in [5.74, 6) is -0.633. The molecule has 0 aromatic carbocycles. The summed E-state index contributed by atoms with van der Waals surface area (Å²) >= 11 is 0. The van der Waals surface area contributed by atoms with Gasteiger partial charge in [-0.3, -0.25) is 9.78 Å². The summed E-state index contributed by atoms with van der Waals surface area (Å²) in [6.07, 6.45) is 4.35. The van der Waals surface area contributed by atoms with E-state index in [9.17, 15) is 9.59 Å². The Balaban J connectivity index is 0.00000301. The first-order valence-electron chi connectivity index (χ1n) is 8.88. The fourth-order valence-electron chi connectivity index (χ4n) is 2.20. The third kappa shape index (κ3) is 7.21. The molecule has 2 atom stereocenters. The van der Waals surface area contributed by atoms with E-state index in [0.717, 1.165) is 0 Å². The van der Waals surface area contributed by atoms with Crippen LogP contribution in [-0.4, -0.2) is 41.0 Å². The summed E-state index contributed by atoms with van der Waals surface area (Å²) in [4.78, 5) is 32.1. The van der Waals surface area contributed by atoms with Gasteiger partial charge >= 0.3 is 5.97 Å². The maximum absolute atomic E-state index is 12.3. The molecule has 1 heterocycles. The monoisotopic (exact) mass is 364 g/mol. The lowest BCUT2D eigenvalue weighted by atomic mass is 9.98. The molecule has 0 spiro atoms. The number of nitrogens with one attached hydrogen (secondary N) is 2. The zero-order valence-corrected chi connectivity index (χ0v) is 16.9. The molecule has 0 radical (unpaired) electrons. The van der Waals surface area contributed by atoms with Gasteiger partial charge in [-0.15, -0.1) is 0 Å². The molecule has 7 nitrogen and oxygen atoms in total. The number of hydrogen-bond acceptors (Lipinski definition) is 6. The van der Waals surface area contributed by atoms with E-state index >= 15 is 0 Å². The van der Waals surface area contributed by atoms with Crippen LogP contribution in [0.2, 0.25) is 0 Å². The quantitative estimate of drug-likeness (QED) is 0.689. The SMILES string of the molecule is C=C(NC(C(=O)OC)C(C)C)[C@@H](NC(=O)c1cnccn1)C(C)C.CC. The Hall–Kier alpha value is -2.44. The van der Waals surface area contributed by atoms with Crippen LogP contribution in [0.5, 0.6) is 0 Å². The van der Waals surface area contributed by atoms with E-state index < -0.39 is 6.04 Å². The average Bonchev–Trinajstić information content (AvgIpc) is 2.64. The number of rotatable bonds is 8. The molecule has 1 aromatic rings. The Morgan fingerprint density at radius 3 is 2.04 bits per heavy atom. The standard InChI is InChI=1S/C17H26N4O3.C2H6/c1-10(2)14(21-16(22)13-9-18-7-8-19-13)12(5)20-15(11(3)4)17(23)24-6;1-2/h7-11,14-15,20H,5H2,1-4,6H3,(H,21,22);1-2H3/t14-,15?;/m0./s1. The van der Waals surface area contributed by atoms with Crippen LogP contribution in [0.25, 0.3) is 0 Å². The minimum atomic E-state index is -0.530. The lowest BCUT2D eigenvalue weighted by molar-refractivity contribution is -0.144. The van der Waals surface area contributed by atoms with Gasteiger partial charge in [-0.25, -0.2) is 9.78 Å². The Bertz CT molecular complexity index is 573. The van der Waals surface area contributed by atoms with Gasteiger partial charge in [-0.1, -0.05) is 48.1 Å². The van der Waals surface area contributed by atoms with E-state index in [4.69, 9.17) is 4.74 Å². The van der Waals surface area contributed by atoms with Crippen molar-refractivity contribution >= 4 is 11.9 Å². The molecule has 1 aromatic heterocycles. The second kappa shape index (κ2) is 12.0. The van der Waals surface area contributed by atoms with Crippen molar-refractivity contribution in [3.63, 3.8) is 0 Å². The normalized spacial score (nSPS) is 12.5. The molecule has 0 aliphatic heterocycles. The van der Waals surface area contributed by atoms with Gasteiger partial charge in [0.25, 0.3) is 5.91 Å². The van der Waals surface area contributed by atoms with Crippen molar-refractivity contribution < 1.29 is 14.3 Å². The first-order chi connectivity index (χ1) is 12.3. The summed E-state index contributed by atoms with van der Waals surface area (Å²) < 4.78 is 4.82. The molecule has 1 unspecified atom stereocenters. The third-order valence-corrected chi connectivity index (χ3v) is 3.59. The summed E-state index contributed by atoms with van der Waals surface area (Å²) in [5, 5.41) is 5.96. The predicted octanol–water partition coefficient (Wildman–Crippen LogP) is 2.56. The summed E-state index contributed by atoms with van der Waals surface area (Å²) in [7, 11) is 1.35. The molecule has 0 bridgehead atoms. The van der Waals surface area contributed by atoms with Crippen molar-refractivity contribution in [2.24, 2.45) is 11.8 Å². The number of esters is 1. The van der Waals surface area contributed by atoms with Gasteiger partial charge in [0.05, 0.1) is 19.3 Å². The van der Waals surface area contributed by atoms with Gasteiger partial charge < -0.3 is 15.4 Å². The van der Waals surface area contributed by atoms with Crippen molar-refractivity contribution in [1.82, 2.24) is 20.6 Å². The van der Waals surface area contributed by atoms with Crippen LogP contribution >= 0.6 is 0 Å². The number of aromatic nitrogens is 2. The second-order valence-corrected chi connectivity index (χ2v) is 6.20. The van der Waals surface area contributed by atoms with Gasteiger partial charge in [0.2, 0.25) is 0 Å². The highest BCUT2D eigenvalue weighted by Gasteiger charge is 2.27. The number of methoxy groups -OCH3 is 1. The lowest BCUT2D eigenvalue weighted by Gasteiger charge is -2.29. The molecule has 2 N–H and O–H groups in total. The van der Waals surface area contributed by atoms with Crippen LogP contribution in [0.1, 0.15) is 52.0 Å². The highest BCUT2D eigenvalue weighted by Crippen LogP contribution is 2.13. The van der Waals surface area contributed by atoms with Crippen molar-refractivity contribution in [3.05, 3.63) is 36.6 Å². The fraction of sp³-hybridized carbons (Fsp3) is 0.579. The van der Waals surface area contributed by atoms with E-state index in [1.165, 1.54) is 25.7 Å². The smallest absolute Gasteiger partial charge is 0.328 e. The van der Waals surface area contributed by atoms with Crippen LogP contribution in [0, 0.1) is 11.8 Å². The fourth-order valence-corrected chi connectivity index (χ4v) is 2.20. The van der Waals surface area contributed by atoms with Crippen LogP contribution in [0.3, 0.4) is 0 Å². The molecular formula is C19H32N4O3. The minimum Gasteiger partial charge on any atom is -0.467 e. The predicted molar refractivity (Wildman–Crippen MR) is 102 cm³/mol. The molecule has 0 saturated heterocycles. The second-order valence-electron chi connectivity index (χ2n) is 6.20. The zero-order valence-electron chi connectivity index (χ0n) is 16.9. The molecule has 1 amide bonds. The lowest BCUT2D eigenvalue weighted by Crippen LogP contribution is -2.49. The Labute approximate surface area is 156 Å². The maximum Gasteiger partial charge on any atom is 0.328 e. The number of hydrogen-bond donors (Lipinski definition) is 2. The molecule has 7 heteroatoms. The maximum atomic E-state index is 12.3. The Kier molecular flexibility index (Phi) is 10.9. The average molecular weight is 364 g/mol. The van der Waals surface area contributed by atoms with E-state index in [1.807, 2.05) is 41.5 Å². The van der Waals surface area contributed by atoms with Crippen molar-refractivity contribution in [1.29, 1.82) is 0 Å². The highest BCUT2D eigenvalue weighted by molar-refractivity contribution is 5.92. The van der Waals surface area contributed by atoms with Crippen molar-refractivity contribution in [3.8, 4) is 0 Å². The topological polar surface area (TPSA) is 93.2 Å². The molecular weight excluding hydrogens is 332 g/mol. The number of nitrogens with zero attached hydrogens (tertiary/aromatic N) is 2. The molecule has 0 aliphatic carbocycles. The van der Waals surface area contributed by atoms with Crippen molar-refractivity contribution in [2.75, 3.05) is 7.11 Å². The summed E-state index contributed by atoms with van der Waals surface area (Å²) in [5.41, 5.74) is 0.774. The third-order valence-electron chi connectivity index (χ3n) is 3.59. The van der Waals surface area contributed by atoms with E-state index in [0.29, 0.717) is 5.70 Å². The highest BCUT2D eigenvalue weighted by atomic mass is 16.5. The first-order valence-corrected chi connectivity index (χ1v) is 8.88. The molecule has 0 fully saturated rings. The molecule has 1 rings (SSSR count). The summed E-state index contributed by atoms with van der Waals surface area (Å²) in [6, 6.07) is -0.900. The van der Waals surface area contributed by atoms with Gasteiger partial charge in [-0.2, -0.15) is 0 Å². The van der Waals surface area contributed by atoms with Crippen LogP contribution in [0.15, 0.2) is 30.9 Å². The number of amides is 1. The minimum absolute atomic E-state index is 0.0118. The molecule has 0 saturated carbocycles. The molecule has 26 heavy (non-hydrogen) atoms. The van der Waals surface area contributed by atoms with Gasteiger partial charge in [0, 0.05) is 18.1 Å². The molecule has 146 valence electrons. The number of ether oxygens (including phenoxy) is 1. The van der Waals surface area contributed by atoms with Crippen LogP contribution in [0.4, 0.5) is 0 Å². The van der Waals surface area contributed by atoms with Gasteiger partial charge in [-0.05, 0) is 11.8 Å².